The molecule has 3 amide bonds. The fraction of sp³-hybridized carbons (Fsp3) is 0.700. The molecule has 6 nitrogen and oxygen atoms in total. The SMILES string of the molecule is CCNC(=O)CNC1CCC(=O)N(C)C1=O. The van der Waals surface area contributed by atoms with Crippen LogP contribution in [0.15, 0.2) is 0 Å². The van der Waals surface area contributed by atoms with E-state index in [0.717, 1.165) is 4.90 Å². The Kier molecular flexibility index (Phi) is 4.42. The molecule has 0 spiro atoms. The minimum absolute atomic E-state index is 0.103. The second kappa shape index (κ2) is 5.60. The van der Waals surface area contributed by atoms with Crippen molar-refractivity contribution >= 4 is 17.7 Å². The van der Waals surface area contributed by atoms with Crippen LogP contribution < -0.4 is 10.6 Å². The lowest BCUT2D eigenvalue weighted by atomic mass is 10.0. The molecule has 1 aliphatic heterocycles. The summed E-state index contributed by atoms with van der Waals surface area (Å²) in [5.41, 5.74) is 0. The van der Waals surface area contributed by atoms with E-state index in [4.69, 9.17) is 0 Å². The molecule has 6 heteroatoms. The molecule has 1 aliphatic rings. The van der Waals surface area contributed by atoms with Gasteiger partial charge in [-0.25, -0.2) is 0 Å². The Morgan fingerprint density at radius 2 is 2.19 bits per heavy atom. The number of carbonyl (C=O) groups is 3. The molecule has 0 radical (unpaired) electrons. The Labute approximate surface area is 94.4 Å². The van der Waals surface area contributed by atoms with Crippen LogP contribution in [0.25, 0.3) is 0 Å². The van der Waals surface area contributed by atoms with Gasteiger partial charge in [0, 0.05) is 20.0 Å². The molecule has 0 aliphatic carbocycles. The van der Waals surface area contributed by atoms with Crippen molar-refractivity contribution < 1.29 is 14.4 Å². The van der Waals surface area contributed by atoms with Crippen LogP contribution in [0.4, 0.5) is 0 Å². The monoisotopic (exact) mass is 227 g/mol. The molecule has 1 atom stereocenters. The highest BCUT2D eigenvalue weighted by Crippen LogP contribution is 2.10. The molecule has 1 rings (SSSR count). The van der Waals surface area contributed by atoms with Crippen LogP contribution in [0.3, 0.4) is 0 Å². The molecular formula is C10H17N3O3. The van der Waals surface area contributed by atoms with Crippen LogP contribution in [0.5, 0.6) is 0 Å². The van der Waals surface area contributed by atoms with Crippen LogP contribution in [0.1, 0.15) is 19.8 Å². The van der Waals surface area contributed by atoms with E-state index in [-0.39, 0.29) is 24.3 Å². The number of likely N-dealkylation sites (N-methyl/N-ethyl adjacent to an activating group) is 2. The molecule has 0 saturated carbocycles. The fourth-order valence-corrected chi connectivity index (χ4v) is 1.58. The first-order chi connectivity index (χ1) is 7.56. The molecule has 16 heavy (non-hydrogen) atoms. The van der Waals surface area contributed by atoms with Gasteiger partial charge < -0.3 is 5.32 Å². The van der Waals surface area contributed by atoms with Gasteiger partial charge in [-0.1, -0.05) is 0 Å². The quantitative estimate of drug-likeness (QED) is 0.595. The van der Waals surface area contributed by atoms with Gasteiger partial charge in [0.15, 0.2) is 0 Å². The summed E-state index contributed by atoms with van der Waals surface area (Å²) < 4.78 is 0. The highest BCUT2D eigenvalue weighted by Gasteiger charge is 2.31. The third-order valence-electron chi connectivity index (χ3n) is 2.53. The Hall–Kier alpha value is -1.43. The van der Waals surface area contributed by atoms with Gasteiger partial charge in [-0.05, 0) is 13.3 Å². The molecule has 0 aromatic heterocycles. The topological polar surface area (TPSA) is 78.5 Å². The largest absolute Gasteiger partial charge is 0.355 e. The number of rotatable bonds is 4. The Morgan fingerprint density at radius 3 is 2.81 bits per heavy atom. The fourth-order valence-electron chi connectivity index (χ4n) is 1.58. The summed E-state index contributed by atoms with van der Waals surface area (Å²) in [5, 5.41) is 5.48. The Bertz CT molecular complexity index is 304. The van der Waals surface area contributed by atoms with E-state index >= 15 is 0 Å². The molecule has 90 valence electrons. The second-order valence-corrected chi connectivity index (χ2v) is 3.72. The highest BCUT2D eigenvalue weighted by atomic mass is 16.2. The zero-order chi connectivity index (χ0) is 12.1. The minimum Gasteiger partial charge on any atom is -0.355 e. The van der Waals surface area contributed by atoms with Gasteiger partial charge in [-0.2, -0.15) is 0 Å². The van der Waals surface area contributed by atoms with Gasteiger partial charge >= 0.3 is 0 Å². The predicted octanol–water partition coefficient (Wildman–Crippen LogP) is -1.14. The summed E-state index contributed by atoms with van der Waals surface area (Å²) in [6.07, 6.45) is 0.802. The van der Waals surface area contributed by atoms with Crippen molar-refractivity contribution in [2.75, 3.05) is 20.1 Å². The molecule has 1 unspecified atom stereocenters. The van der Waals surface area contributed by atoms with E-state index < -0.39 is 6.04 Å². The third-order valence-corrected chi connectivity index (χ3v) is 2.53. The maximum atomic E-state index is 11.6. The van der Waals surface area contributed by atoms with E-state index in [1.54, 1.807) is 0 Å². The maximum Gasteiger partial charge on any atom is 0.246 e. The number of likely N-dealkylation sites (tertiary alicyclic amines) is 1. The van der Waals surface area contributed by atoms with E-state index in [0.29, 0.717) is 19.4 Å². The standard InChI is InChI=1S/C10H17N3O3/c1-3-11-8(14)6-12-7-4-5-9(15)13(2)10(7)16/h7,12H,3-6H2,1-2H3,(H,11,14). The first kappa shape index (κ1) is 12.6. The molecule has 0 aromatic rings. The number of piperidine rings is 1. The average Bonchev–Trinajstić information content (AvgIpc) is 2.25. The average molecular weight is 227 g/mol. The van der Waals surface area contributed by atoms with Crippen LogP contribution in [-0.2, 0) is 14.4 Å². The number of imide groups is 1. The summed E-state index contributed by atoms with van der Waals surface area (Å²) in [7, 11) is 1.46. The van der Waals surface area contributed by atoms with Gasteiger partial charge in [0.1, 0.15) is 0 Å². The van der Waals surface area contributed by atoms with Crippen LogP contribution in [0.2, 0.25) is 0 Å². The van der Waals surface area contributed by atoms with Crippen molar-refractivity contribution in [3.63, 3.8) is 0 Å². The third kappa shape index (κ3) is 3.03. The second-order valence-electron chi connectivity index (χ2n) is 3.72. The summed E-state index contributed by atoms with van der Waals surface area (Å²) in [4.78, 5) is 35.1. The summed E-state index contributed by atoms with van der Waals surface area (Å²) >= 11 is 0. The number of nitrogens with zero attached hydrogens (tertiary/aromatic N) is 1. The number of hydrogen-bond donors (Lipinski definition) is 2. The zero-order valence-corrected chi connectivity index (χ0v) is 9.58. The smallest absolute Gasteiger partial charge is 0.246 e. The predicted molar refractivity (Wildman–Crippen MR) is 57.5 cm³/mol. The van der Waals surface area contributed by atoms with Crippen molar-refractivity contribution in [2.24, 2.45) is 0 Å². The van der Waals surface area contributed by atoms with Crippen LogP contribution in [-0.4, -0.2) is 48.8 Å². The lowest BCUT2D eigenvalue weighted by Crippen LogP contribution is -2.53. The highest BCUT2D eigenvalue weighted by molar-refractivity contribution is 6.00. The molecular weight excluding hydrogens is 210 g/mol. The zero-order valence-electron chi connectivity index (χ0n) is 9.58. The van der Waals surface area contributed by atoms with Crippen molar-refractivity contribution in [2.45, 2.75) is 25.8 Å². The van der Waals surface area contributed by atoms with Gasteiger partial charge in [0.25, 0.3) is 0 Å². The molecule has 1 heterocycles. The van der Waals surface area contributed by atoms with Crippen molar-refractivity contribution in [1.29, 1.82) is 0 Å². The van der Waals surface area contributed by atoms with Gasteiger partial charge in [0.2, 0.25) is 17.7 Å². The van der Waals surface area contributed by atoms with Gasteiger partial charge in [-0.3, -0.25) is 24.6 Å². The molecule has 0 bridgehead atoms. The Morgan fingerprint density at radius 1 is 1.50 bits per heavy atom. The van der Waals surface area contributed by atoms with Gasteiger partial charge in [0.05, 0.1) is 12.6 Å². The molecule has 1 saturated heterocycles. The van der Waals surface area contributed by atoms with Crippen molar-refractivity contribution in [3.8, 4) is 0 Å². The lowest BCUT2D eigenvalue weighted by Gasteiger charge is -2.28. The summed E-state index contributed by atoms with van der Waals surface area (Å²) in [6, 6.07) is -0.426. The van der Waals surface area contributed by atoms with E-state index in [1.807, 2.05) is 6.92 Å². The summed E-state index contributed by atoms with van der Waals surface area (Å²) in [6.45, 7) is 2.50. The maximum absolute atomic E-state index is 11.6. The number of hydrogen-bond acceptors (Lipinski definition) is 4. The van der Waals surface area contributed by atoms with Crippen LogP contribution >= 0.6 is 0 Å². The van der Waals surface area contributed by atoms with Crippen LogP contribution in [0, 0.1) is 0 Å². The van der Waals surface area contributed by atoms with Crippen molar-refractivity contribution in [1.82, 2.24) is 15.5 Å². The van der Waals surface area contributed by atoms with Gasteiger partial charge in [-0.15, -0.1) is 0 Å². The Balaban J connectivity index is 2.40. The molecule has 2 N–H and O–H groups in total. The number of nitrogens with one attached hydrogen (secondary N) is 2. The number of carbonyl (C=O) groups excluding carboxylic acids is 3. The normalized spacial score (nSPS) is 21.1. The minimum atomic E-state index is -0.426. The van der Waals surface area contributed by atoms with Crippen molar-refractivity contribution in [3.05, 3.63) is 0 Å². The van der Waals surface area contributed by atoms with E-state index in [2.05, 4.69) is 10.6 Å². The lowest BCUT2D eigenvalue weighted by molar-refractivity contribution is -0.148. The first-order valence-corrected chi connectivity index (χ1v) is 5.36. The molecule has 0 aromatic carbocycles. The summed E-state index contributed by atoms with van der Waals surface area (Å²) in [5.74, 6) is -0.573. The molecule has 1 fully saturated rings. The first-order valence-electron chi connectivity index (χ1n) is 5.36. The number of amides is 3. The van der Waals surface area contributed by atoms with E-state index in [1.165, 1.54) is 7.05 Å². The van der Waals surface area contributed by atoms with E-state index in [9.17, 15) is 14.4 Å².